The first kappa shape index (κ1) is 41.1. The van der Waals surface area contributed by atoms with E-state index < -0.39 is 9.15 Å². The molecule has 2 aromatic rings. The van der Waals surface area contributed by atoms with Crippen LogP contribution in [0.5, 0.6) is 5.75 Å². The molecule has 5 rings (SSSR count). The number of amides is 1. The van der Waals surface area contributed by atoms with Crippen LogP contribution in [0.3, 0.4) is 0 Å². The van der Waals surface area contributed by atoms with Crippen LogP contribution in [0.2, 0.25) is 5.02 Å². The highest BCUT2D eigenvalue weighted by Gasteiger charge is 2.44. The number of hydrogen-bond acceptors (Lipinski definition) is 6. The molecule has 6 atom stereocenters. The molecule has 1 aliphatic carbocycles. The van der Waals surface area contributed by atoms with Crippen molar-refractivity contribution in [3.63, 3.8) is 0 Å². The molecule has 2 aromatic carbocycles. The van der Waals surface area contributed by atoms with E-state index in [-0.39, 0.29) is 17.1 Å². The molecule has 0 radical (unpaired) electrons. The third kappa shape index (κ3) is 10.4. The lowest BCUT2D eigenvalue weighted by Gasteiger charge is -2.50. The Morgan fingerprint density at radius 1 is 1.12 bits per heavy atom. The van der Waals surface area contributed by atoms with E-state index in [1.165, 1.54) is 17.5 Å². The van der Waals surface area contributed by atoms with Gasteiger partial charge in [0.2, 0.25) is 0 Å². The van der Waals surface area contributed by atoms with E-state index in [1.54, 1.807) is 6.07 Å². The van der Waals surface area contributed by atoms with Gasteiger partial charge in [0.15, 0.2) is 0 Å². The number of aryl methyl sites for hydroxylation is 1. The molecule has 290 valence electrons. The van der Waals surface area contributed by atoms with Gasteiger partial charge in [-0.25, -0.2) is 0 Å². The predicted molar refractivity (Wildman–Crippen MR) is 225 cm³/mol. The van der Waals surface area contributed by atoms with Crippen molar-refractivity contribution in [3.8, 4) is 5.75 Å². The first-order valence-electron chi connectivity index (χ1n) is 20.0. The van der Waals surface area contributed by atoms with Gasteiger partial charge in [-0.1, -0.05) is 95.4 Å². The molecule has 3 aliphatic rings. The maximum Gasteiger partial charge on any atom is 0.262 e. The topological polar surface area (TPSA) is 65.1 Å². The molecule has 2 aliphatic heterocycles. The largest absolute Gasteiger partial charge is 0.491 e. The summed E-state index contributed by atoms with van der Waals surface area (Å²) in [5.41, 5.74) is 3.99. The molecule has 2 heterocycles. The number of fused-ring (bicyclic) bond motifs is 1. The number of nitrogens with one attached hydrogen (secondary N) is 1. The Kier molecular flexibility index (Phi) is 15.0. The highest BCUT2D eigenvalue weighted by molar-refractivity contribution is 8.68. The Balaban J connectivity index is 1.46. The van der Waals surface area contributed by atoms with E-state index in [4.69, 9.17) is 16.3 Å². The third-order valence-electron chi connectivity index (χ3n) is 11.9. The third-order valence-corrected chi connectivity index (χ3v) is 15.6. The van der Waals surface area contributed by atoms with Gasteiger partial charge in [0.05, 0.1) is 12.3 Å². The van der Waals surface area contributed by atoms with Crippen LogP contribution in [-0.2, 0) is 15.6 Å². The van der Waals surface area contributed by atoms with E-state index in [0.717, 1.165) is 101 Å². The number of carbonyl (C=O) groups is 1. The van der Waals surface area contributed by atoms with Crippen LogP contribution in [0.25, 0.3) is 0 Å². The number of anilines is 1. The fraction of sp³-hybridized carbons (Fsp3) is 0.643. The Morgan fingerprint density at radius 2 is 1.88 bits per heavy atom. The van der Waals surface area contributed by atoms with E-state index in [1.807, 2.05) is 25.1 Å². The minimum atomic E-state index is -3.20. The van der Waals surface area contributed by atoms with Crippen LogP contribution in [-0.4, -0.2) is 84.6 Å². The average Bonchev–Trinajstić information content (AvgIpc) is 3.30. The van der Waals surface area contributed by atoms with Crippen molar-refractivity contribution in [2.75, 3.05) is 64.4 Å². The Hall–Kier alpha value is -2.04. The number of rotatable bonds is 16. The van der Waals surface area contributed by atoms with E-state index in [2.05, 4.69) is 90.1 Å². The number of allylic oxidation sites excluding steroid dienone is 1. The van der Waals surface area contributed by atoms with Crippen molar-refractivity contribution < 1.29 is 13.7 Å². The minimum Gasteiger partial charge on any atom is -0.491 e. The SMILES string of the molecule is CC/C=C/C(CN1CCN(C)CC1)C1CC(C)C1CN1CC(c2ccc(Cl)cc2CCC)COc2ccc(C(=O)N[SH](=O)(S)C(C)CCCC)cc21. The second-order valence-corrected chi connectivity index (χ2v) is 20.5. The van der Waals surface area contributed by atoms with Gasteiger partial charge < -0.3 is 19.4 Å². The zero-order chi connectivity index (χ0) is 37.4. The number of likely N-dealkylation sites (N-methyl/N-ethyl adjacent to an activating group) is 1. The standard InChI is InChI=1S/C42H65ClN4O3S2/c1-7-10-13-31(5)52(49,51)44-42(48)33-15-18-41-40(25-33)47(27-35(29-50-41)37-17-16-36(43)24-32(37)12-9-3)28-39-30(4)23-38(39)34(14-11-8-2)26-46-21-19-45(6)20-22-46/h11,14-18,24-25,30-31,34-35,38-39,52H,7-10,12-13,19-23,26-29H2,1-6H3,(H2,44,48,49,51)/b14-11+. The molecule has 0 bridgehead atoms. The lowest BCUT2D eigenvalue weighted by atomic mass is 9.60. The maximum absolute atomic E-state index is 13.7. The zero-order valence-electron chi connectivity index (χ0n) is 32.5. The van der Waals surface area contributed by atoms with E-state index in [0.29, 0.717) is 35.8 Å². The highest BCUT2D eigenvalue weighted by Crippen LogP contribution is 2.48. The van der Waals surface area contributed by atoms with Crippen LogP contribution in [0.15, 0.2) is 48.6 Å². The lowest BCUT2D eigenvalue weighted by Crippen LogP contribution is -2.51. The molecule has 1 saturated heterocycles. The summed E-state index contributed by atoms with van der Waals surface area (Å²) in [6, 6.07) is 12.0. The first-order chi connectivity index (χ1) is 24.9. The van der Waals surface area contributed by atoms with Crippen molar-refractivity contribution in [1.82, 2.24) is 14.5 Å². The Bertz CT molecular complexity index is 1560. The van der Waals surface area contributed by atoms with Crippen LogP contribution in [0.4, 0.5) is 5.69 Å². The molecule has 1 saturated carbocycles. The molecule has 0 spiro atoms. The van der Waals surface area contributed by atoms with Crippen molar-refractivity contribution in [3.05, 3.63) is 70.3 Å². The summed E-state index contributed by atoms with van der Waals surface area (Å²) in [4.78, 5) is 21.3. The van der Waals surface area contributed by atoms with Crippen molar-refractivity contribution in [2.45, 2.75) is 90.7 Å². The van der Waals surface area contributed by atoms with Gasteiger partial charge >= 0.3 is 0 Å². The molecule has 1 amide bonds. The fourth-order valence-corrected chi connectivity index (χ4v) is 10.5. The number of halogens is 1. The predicted octanol–water partition coefficient (Wildman–Crippen LogP) is 8.46. The molecule has 10 heteroatoms. The Morgan fingerprint density at radius 3 is 2.58 bits per heavy atom. The summed E-state index contributed by atoms with van der Waals surface area (Å²) in [5.74, 6) is 2.76. The van der Waals surface area contributed by atoms with Gasteiger partial charge in [-0.2, -0.15) is 0 Å². The van der Waals surface area contributed by atoms with Crippen LogP contribution in [0.1, 0.15) is 101 Å². The molecule has 7 nitrogen and oxygen atoms in total. The van der Waals surface area contributed by atoms with Gasteiger partial charge in [0, 0.05) is 76.7 Å². The number of ether oxygens (including phenoxy) is 1. The second-order valence-electron chi connectivity index (χ2n) is 15.9. The molecular formula is C42H65ClN4O3S2. The van der Waals surface area contributed by atoms with Crippen molar-refractivity contribution in [2.24, 2.45) is 23.7 Å². The summed E-state index contributed by atoms with van der Waals surface area (Å²) in [6.07, 6.45) is 11.9. The number of unbranched alkanes of at least 4 members (excludes halogenated alkanes) is 1. The van der Waals surface area contributed by atoms with Gasteiger partial charge in [0.25, 0.3) is 5.91 Å². The molecule has 52 heavy (non-hydrogen) atoms. The quantitative estimate of drug-likeness (QED) is 0.0905. The lowest BCUT2D eigenvalue weighted by molar-refractivity contribution is 0.0331. The van der Waals surface area contributed by atoms with Crippen LogP contribution < -0.4 is 14.4 Å². The molecule has 2 fully saturated rings. The number of nitrogens with zero attached hydrogens (tertiary/aromatic N) is 3. The number of thiol groups is 2. The number of benzene rings is 2. The number of piperazine rings is 1. The minimum absolute atomic E-state index is 0.135. The van der Waals surface area contributed by atoms with Gasteiger partial charge in [0.1, 0.15) is 5.75 Å². The summed E-state index contributed by atoms with van der Waals surface area (Å²) in [7, 11) is -0.978. The first-order valence-corrected chi connectivity index (χ1v) is 23.3. The second kappa shape index (κ2) is 19.0. The maximum atomic E-state index is 13.7. The number of hydrogen-bond donors (Lipinski definition) is 3. The van der Waals surface area contributed by atoms with Gasteiger partial charge in [-0.15, -0.1) is 0 Å². The molecule has 0 aromatic heterocycles. The summed E-state index contributed by atoms with van der Waals surface area (Å²) in [6.45, 7) is 18.7. The summed E-state index contributed by atoms with van der Waals surface area (Å²) in [5, 5.41) is 0.566. The molecule has 1 N–H and O–H groups in total. The summed E-state index contributed by atoms with van der Waals surface area (Å²) < 4.78 is 23.0. The summed E-state index contributed by atoms with van der Waals surface area (Å²) >= 11 is 11.0. The monoisotopic (exact) mass is 772 g/mol. The smallest absolute Gasteiger partial charge is 0.262 e. The fourth-order valence-electron chi connectivity index (χ4n) is 8.50. The van der Waals surface area contributed by atoms with E-state index >= 15 is 0 Å². The zero-order valence-corrected chi connectivity index (χ0v) is 35.1. The van der Waals surface area contributed by atoms with E-state index in [9.17, 15) is 9.00 Å². The Labute approximate surface area is 325 Å². The van der Waals surface area contributed by atoms with Crippen molar-refractivity contribution in [1.29, 1.82) is 0 Å². The van der Waals surface area contributed by atoms with Gasteiger partial charge in [-0.05, 0) is 97.9 Å². The van der Waals surface area contributed by atoms with Gasteiger partial charge in [-0.3, -0.25) is 13.7 Å². The van der Waals surface area contributed by atoms with Crippen molar-refractivity contribution >= 4 is 44.0 Å². The average molecular weight is 774 g/mol. The molecule has 6 unspecified atom stereocenters. The molecular weight excluding hydrogens is 708 g/mol. The van der Waals surface area contributed by atoms with Crippen LogP contribution in [0, 0.1) is 23.7 Å². The highest BCUT2D eigenvalue weighted by atomic mass is 35.5. The normalized spacial score (nSPS) is 24.4. The van der Waals surface area contributed by atoms with Crippen LogP contribution >= 0.6 is 23.3 Å². The number of carbonyl (C=O) groups excluding carboxylic acids is 1.